The van der Waals surface area contributed by atoms with Gasteiger partial charge >= 0.3 is 12.1 Å². The zero-order chi connectivity index (χ0) is 18.1. The fourth-order valence-corrected chi connectivity index (χ4v) is 1.23. The van der Waals surface area contributed by atoms with E-state index in [1.807, 2.05) is 20.8 Å². The van der Waals surface area contributed by atoms with E-state index in [0.29, 0.717) is 13.0 Å². The van der Waals surface area contributed by atoms with E-state index >= 15 is 0 Å². The van der Waals surface area contributed by atoms with Crippen molar-refractivity contribution in [3.05, 3.63) is 0 Å². The molecular formula is C15H32N2O5. The molecule has 0 unspecified atom stereocenters. The quantitative estimate of drug-likeness (QED) is 0.784. The smallest absolute Gasteiger partial charge is 0.407 e. The van der Waals surface area contributed by atoms with Crippen LogP contribution in [-0.2, 0) is 14.3 Å². The number of ether oxygens (including phenoxy) is 1. The first-order valence-corrected chi connectivity index (χ1v) is 7.69. The van der Waals surface area contributed by atoms with Crippen LogP contribution in [0.1, 0.15) is 54.4 Å². The number of carboxylic acids is 1. The summed E-state index contributed by atoms with van der Waals surface area (Å²) in [6.07, 6.45) is 1.17. The van der Waals surface area contributed by atoms with Gasteiger partial charge in [0.2, 0.25) is 5.91 Å². The molecule has 2 N–H and O–H groups in total. The molecule has 22 heavy (non-hydrogen) atoms. The number of amides is 2. The van der Waals surface area contributed by atoms with Crippen molar-refractivity contribution in [2.45, 2.75) is 60.4 Å². The number of hydrogen-bond donors (Lipinski definition) is 2. The van der Waals surface area contributed by atoms with Gasteiger partial charge < -0.3 is 20.1 Å². The Labute approximate surface area is 134 Å². The lowest BCUT2D eigenvalue weighted by Gasteiger charge is -2.26. The average molecular weight is 320 g/mol. The Kier molecular flexibility index (Phi) is 19.8. The number of aliphatic carboxylic acids is 1. The molecule has 0 aliphatic rings. The van der Waals surface area contributed by atoms with E-state index in [1.165, 1.54) is 25.4 Å². The van der Waals surface area contributed by atoms with Gasteiger partial charge in [-0.2, -0.15) is 0 Å². The molecular weight excluding hydrogens is 288 g/mol. The molecule has 0 bridgehead atoms. The molecule has 0 radical (unpaired) electrons. The largest absolute Gasteiger partial charge is 0.480 e. The summed E-state index contributed by atoms with van der Waals surface area (Å²) < 4.78 is 4.31. The molecule has 0 aromatic carbocycles. The highest BCUT2D eigenvalue weighted by molar-refractivity contribution is 5.86. The molecule has 0 saturated heterocycles. The third-order valence-corrected chi connectivity index (χ3v) is 2.18. The monoisotopic (exact) mass is 320 g/mol. The number of carbonyl (C=O) groups excluding carboxylic acids is 2. The third-order valence-electron chi connectivity index (χ3n) is 2.18. The van der Waals surface area contributed by atoms with Gasteiger partial charge in [-0.15, -0.1) is 0 Å². The summed E-state index contributed by atoms with van der Waals surface area (Å²) in [7, 11) is 1.18. The van der Waals surface area contributed by atoms with Gasteiger partial charge in [0, 0.05) is 6.54 Å². The molecule has 0 saturated carbocycles. The summed E-state index contributed by atoms with van der Waals surface area (Å²) in [6, 6.07) is -0.915. The lowest BCUT2D eigenvalue weighted by Crippen LogP contribution is -2.47. The van der Waals surface area contributed by atoms with Crippen molar-refractivity contribution in [2.24, 2.45) is 0 Å². The van der Waals surface area contributed by atoms with Crippen LogP contribution < -0.4 is 5.32 Å². The minimum absolute atomic E-state index is 0.274. The summed E-state index contributed by atoms with van der Waals surface area (Å²) in [5.41, 5.74) is 0. The van der Waals surface area contributed by atoms with Crippen LogP contribution in [0.25, 0.3) is 0 Å². The van der Waals surface area contributed by atoms with Crippen LogP contribution in [0, 0.1) is 0 Å². The van der Waals surface area contributed by atoms with Gasteiger partial charge in [-0.25, -0.2) is 9.59 Å². The Morgan fingerprint density at radius 3 is 1.95 bits per heavy atom. The van der Waals surface area contributed by atoms with Gasteiger partial charge in [-0.1, -0.05) is 41.0 Å². The summed E-state index contributed by atoms with van der Waals surface area (Å²) >= 11 is 0. The van der Waals surface area contributed by atoms with Crippen molar-refractivity contribution < 1.29 is 24.2 Å². The molecule has 0 aliphatic heterocycles. The number of carboxylic acid groups (broad SMARTS) is 1. The molecule has 7 heteroatoms. The molecule has 7 nitrogen and oxygen atoms in total. The van der Waals surface area contributed by atoms with Crippen molar-refractivity contribution >= 4 is 18.0 Å². The molecule has 1 atom stereocenters. The second-order valence-electron chi connectivity index (χ2n) is 4.15. The molecule has 0 fully saturated rings. The molecule has 0 aromatic rings. The minimum atomic E-state index is -1.08. The Balaban J connectivity index is -0.000000637. The lowest BCUT2D eigenvalue weighted by atomic mass is 10.2. The zero-order valence-corrected chi connectivity index (χ0v) is 14.9. The molecule has 0 rings (SSSR count). The summed E-state index contributed by atoms with van der Waals surface area (Å²) in [5, 5.41) is 11.1. The summed E-state index contributed by atoms with van der Waals surface area (Å²) in [4.78, 5) is 34.5. The van der Waals surface area contributed by atoms with Crippen LogP contribution in [0.5, 0.6) is 0 Å². The number of rotatable bonds is 6. The maximum absolute atomic E-state index is 11.7. The van der Waals surface area contributed by atoms with Crippen LogP contribution in [0.3, 0.4) is 0 Å². The number of nitrogens with one attached hydrogen (secondary N) is 1. The third kappa shape index (κ3) is 13.2. The fraction of sp³-hybridized carbons (Fsp3) is 0.800. The second kappa shape index (κ2) is 17.3. The maximum atomic E-state index is 11.7. The lowest BCUT2D eigenvalue weighted by molar-refractivity contribution is -0.149. The highest BCUT2D eigenvalue weighted by Crippen LogP contribution is 2.01. The molecule has 0 aromatic heterocycles. The number of hydrogen-bond acceptors (Lipinski definition) is 4. The van der Waals surface area contributed by atoms with Crippen molar-refractivity contribution in [2.75, 3.05) is 20.2 Å². The first kappa shape index (κ1) is 25.2. The number of nitrogens with zero attached hydrogens (tertiary/aromatic N) is 1. The van der Waals surface area contributed by atoms with Crippen LogP contribution in [0.2, 0.25) is 0 Å². The molecule has 2 amide bonds. The van der Waals surface area contributed by atoms with E-state index in [0.717, 1.165) is 0 Å². The second-order valence-corrected chi connectivity index (χ2v) is 4.15. The maximum Gasteiger partial charge on any atom is 0.407 e. The standard InChI is InChI=1S/C10H18N2O5.C3H8.C2H6/c1-4-5-12(7(2)9(14)15)8(13)6-11-10(16)17-3;1-3-2;1-2/h7H,4-6H2,1-3H3,(H,11,16)(H,14,15);3H2,1-2H3;1-2H3/t7-;;/m1../s1. The minimum Gasteiger partial charge on any atom is -0.480 e. The highest BCUT2D eigenvalue weighted by Gasteiger charge is 2.24. The van der Waals surface area contributed by atoms with E-state index < -0.39 is 24.0 Å². The van der Waals surface area contributed by atoms with Gasteiger partial charge in [-0.3, -0.25) is 4.79 Å². The Hall–Kier alpha value is -1.79. The van der Waals surface area contributed by atoms with Crippen LogP contribution in [0.15, 0.2) is 0 Å². The van der Waals surface area contributed by atoms with Gasteiger partial charge in [0.05, 0.1) is 7.11 Å². The summed E-state index contributed by atoms with van der Waals surface area (Å²) in [5.74, 6) is -1.53. The van der Waals surface area contributed by atoms with Crippen LogP contribution in [0.4, 0.5) is 4.79 Å². The number of alkyl carbamates (subject to hydrolysis) is 1. The first-order valence-electron chi connectivity index (χ1n) is 7.69. The summed E-state index contributed by atoms with van der Waals surface area (Å²) in [6.45, 7) is 11.6. The van der Waals surface area contributed by atoms with Gasteiger partial charge in [0.1, 0.15) is 12.6 Å². The Morgan fingerprint density at radius 2 is 1.64 bits per heavy atom. The van der Waals surface area contributed by atoms with Crippen molar-refractivity contribution in [3.63, 3.8) is 0 Å². The van der Waals surface area contributed by atoms with Crippen molar-refractivity contribution in [3.8, 4) is 0 Å². The van der Waals surface area contributed by atoms with Crippen molar-refractivity contribution in [1.82, 2.24) is 10.2 Å². The molecule has 0 aliphatic carbocycles. The normalized spacial score (nSPS) is 9.95. The van der Waals surface area contributed by atoms with E-state index in [9.17, 15) is 14.4 Å². The van der Waals surface area contributed by atoms with Gasteiger partial charge in [0.25, 0.3) is 0 Å². The average Bonchev–Trinajstić information content (AvgIpc) is 2.51. The van der Waals surface area contributed by atoms with Gasteiger partial charge in [-0.05, 0) is 13.3 Å². The fourth-order valence-electron chi connectivity index (χ4n) is 1.23. The molecule has 0 heterocycles. The predicted octanol–water partition coefficient (Wildman–Crippen LogP) is 2.50. The molecule has 132 valence electrons. The van der Waals surface area contributed by atoms with Crippen molar-refractivity contribution in [1.29, 1.82) is 0 Å². The highest BCUT2D eigenvalue weighted by atomic mass is 16.5. The molecule has 0 spiro atoms. The van der Waals surface area contributed by atoms with E-state index in [1.54, 1.807) is 0 Å². The van der Waals surface area contributed by atoms with Crippen LogP contribution >= 0.6 is 0 Å². The topological polar surface area (TPSA) is 95.9 Å². The number of methoxy groups -OCH3 is 1. The van der Waals surface area contributed by atoms with Crippen LogP contribution in [-0.4, -0.2) is 54.2 Å². The van der Waals surface area contributed by atoms with E-state index in [2.05, 4.69) is 23.9 Å². The van der Waals surface area contributed by atoms with E-state index in [4.69, 9.17) is 5.11 Å². The van der Waals surface area contributed by atoms with E-state index in [-0.39, 0.29) is 6.54 Å². The SMILES string of the molecule is CC.CCC.CCCN(C(=O)CNC(=O)OC)[C@H](C)C(=O)O. The number of carbonyl (C=O) groups is 3. The Morgan fingerprint density at radius 1 is 1.18 bits per heavy atom. The Bertz CT molecular complexity index is 308. The first-order chi connectivity index (χ1) is 10.3. The zero-order valence-electron chi connectivity index (χ0n) is 14.9. The predicted molar refractivity (Wildman–Crippen MR) is 86.8 cm³/mol. The van der Waals surface area contributed by atoms with Gasteiger partial charge in [0.15, 0.2) is 0 Å².